The maximum Gasteiger partial charge on any atom is 0.338 e. The Labute approximate surface area is 540 Å². The maximum absolute atomic E-state index is 14.1. The Bertz CT molecular complexity index is 3560. The minimum atomic E-state index is -1.65. The first kappa shape index (κ1) is 66.0. The van der Waals surface area contributed by atoms with Crippen molar-refractivity contribution in [2.45, 2.75) is 74.3 Å². The zero-order chi connectivity index (χ0) is 65.4. The van der Waals surface area contributed by atoms with Crippen molar-refractivity contribution < 1.29 is 95.2 Å². The minimum absolute atomic E-state index is 0.108. The summed E-state index contributed by atoms with van der Waals surface area (Å²) in [5.41, 5.74) is 1.10. The van der Waals surface area contributed by atoms with Crippen LogP contribution >= 0.6 is 0 Å². The lowest BCUT2D eigenvalue weighted by Gasteiger charge is -2.44. The predicted octanol–water partition coefficient (Wildman–Crippen LogP) is 10.9. The largest absolute Gasteiger partial charge is 0.459 e. The van der Waals surface area contributed by atoms with Crippen molar-refractivity contribution in [3.63, 3.8) is 0 Å². The molecule has 8 aromatic carbocycles. The zero-order valence-electron chi connectivity index (χ0n) is 50.4. The topological polar surface area (TPSA) is 247 Å². The van der Waals surface area contributed by atoms with Crippen molar-refractivity contribution in [2.75, 3.05) is 26.4 Å². The Balaban J connectivity index is 0.905. The highest BCUT2D eigenvalue weighted by molar-refractivity contribution is 5.93. The molecule has 0 bridgehead atoms. The average molecular weight is 1270 g/mol. The molecule has 2 saturated heterocycles. The van der Waals surface area contributed by atoms with Gasteiger partial charge in [0.1, 0.15) is 25.4 Å². The summed E-state index contributed by atoms with van der Waals surface area (Å²) in [7, 11) is 0. The standard InChI is InChI=1S/C74H64O20/c75-65(49-29-11-3-12-30-49)85-47-57-59(89-67(77)51-33-15-5-16-34-51)61(91-69(79)53-37-19-7-20-38-53)63(93-71(81)55-41-23-9-24-42-55)73(87-57)83-45-27-1-2-28-46-84-74-64(94-72(82)56-43-25-10-26-44-56)62(92-70(80)54-39-21-8-22-40-54)60(90-68(78)52-35-17-6-18-36-52)58(88-74)48-86-66(76)50-31-13-4-14-32-50/h1-26,29-44,57-64,73-74H,27-28,45-48H2/t57?,58?,59-,60+,61-,62-,63?,64?,73+,74-/m1/s1. The highest BCUT2D eigenvalue weighted by atomic mass is 16.7. The van der Waals surface area contributed by atoms with Gasteiger partial charge in [-0.15, -0.1) is 0 Å². The van der Waals surface area contributed by atoms with E-state index in [9.17, 15) is 38.4 Å². The average Bonchev–Trinajstić information content (AvgIpc) is 0.789. The smallest absolute Gasteiger partial charge is 0.338 e. The maximum atomic E-state index is 14.1. The number of esters is 8. The van der Waals surface area contributed by atoms with Crippen LogP contribution in [-0.2, 0) is 56.8 Å². The van der Waals surface area contributed by atoms with Gasteiger partial charge in [-0.3, -0.25) is 0 Å². The molecule has 2 fully saturated rings. The fourth-order valence-electron chi connectivity index (χ4n) is 10.1. The Morgan fingerprint density at radius 1 is 0.266 bits per heavy atom. The fraction of sp³-hybridized carbons (Fsp3) is 0.216. The molecule has 2 heterocycles. The molecule has 20 heteroatoms. The first-order valence-electron chi connectivity index (χ1n) is 30.2. The van der Waals surface area contributed by atoms with Crippen LogP contribution < -0.4 is 0 Å². The number of benzene rings is 8. The fourth-order valence-corrected chi connectivity index (χ4v) is 10.1. The minimum Gasteiger partial charge on any atom is -0.459 e. The summed E-state index contributed by atoms with van der Waals surface area (Å²) in [6.07, 6.45) is -11.9. The Morgan fingerprint density at radius 3 is 0.702 bits per heavy atom. The van der Waals surface area contributed by atoms with E-state index in [0.29, 0.717) is 0 Å². The van der Waals surface area contributed by atoms with E-state index < -0.39 is 122 Å². The van der Waals surface area contributed by atoms with Gasteiger partial charge in [0.2, 0.25) is 0 Å². The summed E-state index contributed by atoms with van der Waals surface area (Å²) in [5.74, 6) is -6.72. The van der Waals surface area contributed by atoms with Gasteiger partial charge in [-0.2, -0.15) is 0 Å². The Morgan fingerprint density at radius 2 is 0.468 bits per heavy atom. The van der Waals surface area contributed by atoms with Gasteiger partial charge in [0.15, 0.2) is 49.2 Å². The Kier molecular flexibility index (Phi) is 23.5. The van der Waals surface area contributed by atoms with Gasteiger partial charge in [0, 0.05) is 0 Å². The van der Waals surface area contributed by atoms with Crippen molar-refractivity contribution in [3.05, 3.63) is 299 Å². The lowest BCUT2D eigenvalue weighted by atomic mass is 9.97. The summed E-state index contributed by atoms with van der Waals surface area (Å²) in [4.78, 5) is 111. The van der Waals surface area contributed by atoms with Gasteiger partial charge in [0.05, 0.1) is 57.7 Å². The first-order chi connectivity index (χ1) is 46.0. The van der Waals surface area contributed by atoms with E-state index in [1.54, 1.807) is 182 Å². The summed E-state index contributed by atoms with van der Waals surface area (Å²) >= 11 is 0. The van der Waals surface area contributed by atoms with Crippen molar-refractivity contribution in [1.82, 2.24) is 0 Å². The van der Waals surface area contributed by atoms with E-state index in [4.69, 9.17) is 56.8 Å². The molecule has 4 unspecified atom stereocenters. The lowest BCUT2D eigenvalue weighted by molar-refractivity contribution is -0.298. The molecule has 20 nitrogen and oxygen atoms in total. The van der Waals surface area contributed by atoms with Gasteiger partial charge in [-0.05, 0) is 110 Å². The molecule has 0 radical (unpaired) electrons. The van der Waals surface area contributed by atoms with Crippen molar-refractivity contribution in [2.24, 2.45) is 0 Å². The highest BCUT2D eigenvalue weighted by Gasteiger charge is 2.55. The molecular formula is C74H64O20. The molecule has 10 rings (SSSR count). The summed E-state index contributed by atoms with van der Waals surface area (Å²) < 4.78 is 74.3. The van der Waals surface area contributed by atoms with Crippen LogP contribution in [0.4, 0.5) is 0 Å². The third-order valence-electron chi connectivity index (χ3n) is 14.8. The Hall–Kier alpha value is -10.9. The predicted molar refractivity (Wildman–Crippen MR) is 335 cm³/mol. The molecule has 2 aliphatic heterocycles. The summed E-state index contributed by atoms with van der Waals surface area (Å²) in [6.45, 7) is -1.41. The van der Waals surface area contributed by atoms with Crippen molar-refractivity contribution in [3.8, 4) is 0 Å². The molecule has 10 atom stereocenters. The van der Waals surface area contributed by atoms with E-state index in [0.717, 1.165) is 0 Å². The third-order valence-corrected chi connectivity index (χ3v) is 14.8. The van der Waals surface area contributed by atoms with Crippen LogP contribution in [0.25, 0.3) is 0 Å². The van der Waals surface area contributed by atoms with E-state index in [-0.39, 0.29) is 70.6 Å². The van der Waals surface area contributed by atoms with E-state index in [2.05, 4.69) is 0 Å². The molecule has 0 N–H and O–H groups in total. The molecule has 480 valence electrons. The quantitative estimate of drug-likeness (QED) is 0.0211. The second kappa shape index (κ2) is 33.4. The number of hydrogen-bond acceptors (Lipinski definition) is 20. The highest BCUT2D eigenvalue weighted by Crippen LogP contribution is 2.34. The van der Waals surface area contributed by atoms with Gasteiger partial charge in [-0.1, -0.05) is 158 Å². The van der Waals surface area contributed by atoms with Crippen LogP contribution in [0.5, 0.6) is 0 Å². The SMILES string of the molecule is O=C(OCC1O[C@H](OCCC=CCCO[C@@H]2OC(COC(=O)c3ccccc3)[C@H](OC(=O)c3ccccc3)[C@@H](OC(=O)c3ccccc3)C2OC(=O)c2ccccc2)C(OC(=O)c2ccccc2)[C@H](OC(=O)c2ccccc2)[C@@H]1OC(=O)c1ccccc1)c1ccccc1. The molecule has 8 aromatic rings. The van der Waals surface area contributed by atoms with Crippen molar-refractivity contribution >= 4 is 47.8 Å². The number of ether oxygens (including phenoxy) is 12. The molecule has 2 aliphatic rings. The molecule has 0 spiro atoms. The molecular weight excluding hydrogens is 1210 g/mol. The van der Waals surface area contributed by atoms with Crippen LogP contribution in [0.1, 0.15) is 95.7 Å². The second-order valence-corrected chi connectivity index (χ2v) is 21.2. The van der Waals surface area contributed by atoms with Crippen LogP contribution in [0.2, 0.25) is 0 Å². The number of carbonyl (C=O) groups is 8. The van der Waals surface area contributed by atoms with E-state index in [1.165, 1.54) is 72.8 Å². The van der Waals surface area contributed by atoms with Crippen LogP contribution in [0.3, 0.4) is 0 Å². The van der Waals surface area contributed by atoms with Gasteiger partial charge in [-0.25, -0.2) is 38.4 Å². The van der Waals surface area contributed by atoms with Crippen LogP contribution in [0, 0.1) is 0 Å². The summed E-state index contributed by atoms with van der Waals surface area (Å²) in [5, 5.41) is 0. The van der Waals surface area contributed by atoms with E-state index in [1.807, 2.05) is 0 Å². The second-order valence-electron chi connectivity index (χ2n) is 21.2. The van der Waals surface area contributed by atoms with Gasteiger partial charge < -0.3 is 56.8 Å². The first-order valence-corrected chi connectivity index (χ1v) is 30.2. The molecule has 0 aliphatic carbocycles. The number of rotatable bonds is 26. The molecule has 0 aromatic heterocycles. The van der Waals surface area contributed by atoms with Crippen molar-refractivity contribution in [1.29, 1.82) is 0 Å². The van der Waals surface area contributed by atoms with Gasteiger partial charge >= 0.3 is 47.8 Å². The lowest BCUT2D eigenvalue weighted by Crippen LogP contribution is -2.63. The van der Waals surface area contributed by atoms with Crippen LogP contribution in [0.15, 0.2) is 255 Å². The van der Waals surface area contributed by atoms with Crippen LogP contribution in [-0.4, -0.2) is 136 Å². The number of hydrogen-bond donors (Lipinski definition) is 0. The number of carbonyl (C=O) groups excluding carboxylic acids is 8. The molecule has 0 amide bonds. The third kappa shape index (κ3) is 18.0. The zero-order valence-corrected chi connectivity index (χ0v) is 50.4. The monoisotopic (exact) mass is 1270 g/mol. The molecule has 0 saturated carbocycles. The van der Waals surface area contributed by atoms with Gasteiger partial charge in [0.25, 0.3) is 0 Å². The summed E-state index contributed by atoms with van der Waals surface area (Å²) in [6, 6.07) is 64.1. The molecule has 94 heavy (non-hydrogen) atoms. The normalized spacial score (nSPS) is 20.7. The van der Waals surface area contributed by atoms with E-state index >= 15 is 0 Å².